The fourth-order valence-corrected chi connectivity index (χ4v) is 9.86. The molecule has 2 aromatic heterocycles. The number of esters is 1. The highest BCUT2D eigenvalue weighted by Gasteiger charge is 2.61. The van der Waals surface area contributed by atoms with Gasteiger partial charge in [0.15, 0.2) is 0 Å². The molecule has 0 bridgehead atoms. The van der Waals surface area contributed by atoms with Crippen LogP contribution >= 0.6 is 11.3 Å². The number of fused-ring (bicyclic) bond motifs is 8. The maximum Gasteiger partial charge on any atom is 0.302 e. The molecule has 2 aromatic rings. The van der Waals surface area contributed by atoms with Gasteiger partial charge in [-0.3, -0.25) is 4.79 Å². The first-order valence-electron chi connectivity index (χ1n) is 12.0. The van der Waals surface area contributed by atoms with Crippen LogP contribution in [0.2, 0.25) is 0 Å². The Kier molecular flexibility index (Phi) is 4.29. The Balaban J connectivity index is 1.34. The van der Waals surface area contributed by atoms with Crippen molar-refractivity contribution >= 4 is 33.3 Å². The standard InChI is InChI=1S/C25H33N3O2S/c1-13(29)30-20-7-6-17-15-5-4-14-10-16-19(31-23-21(16)22(26)27-12-28-23)11-25(14,3)18(15)8-9-24(17,20)2/h12,14-15,17-18,20H,4-11H2,1-3H3,(H2,26,27,28)/t14-,15-,17-,18-,20-,24-,25-/m0/s1. The van der Waals surface area contributed by atoms with E-state index in [1.807, 2.05) is 11.3 Å². The van der Waals surface area contributed by atoms with E-state index in [0.717, 1.165) is 41.3 Å². The van der Waals surface area contributed by atoms with Crippen molar-refractivity contribution in [1.82, 2.24) is 9.97 Å². The Labute approximate surface area is 188 Å². The summed E-state index contributed by atoms with van der Waals surface area (Å²) in [6.45, 7) is 6.56. The van der Waals surface area contributed by atoms with E-state index in [1.54, 1.807) is 13.3 Å². The summed E-state index contributed by atoms with van der Waals surface area (Å²) in [6.07, 6.45) is 11.3. The van der Waals surface area contributed by atoms with E-state index in [0.29, 0.717) is 23.1 Å². The van der Waals surface area contributed by atoms with Crippen LogP contribution in [0.3, 0.4) is 0 Å². The molecular formula is C25H33N3O2S. The molecular weight excluding hydrogens is 406 g/mol. The van der Waals surface area contributed by atoms with Crippen LogP contribution in [0.5, 0.6) is 0 Å². The topological polar surface area (TPSA) is 78.1 Å². The van der Waals surface area contributed by atoms with E-state index >= 15 is 0 Å². The van der Waals surface area contributed by atoms with E-state index in [-0.39, 0.29) is 17.5 Å². The lowest BCUT2D eigenvalue weighted by Crippen LogP contribution is -2.54. The number of thiophene rings is 1. The van der Waals surface area contributed by atoms with Crippen LogP contribution in [0.4, 0.5) is 5.82 Å². The number of nitrogen functional groups attached to an aromatic ring is 1. The number of aromatic nitrogens is 2. The van der Waals surface area contributed by atoms with Crippen LogP contribution in [-0.2, 0) is 22.4 Å². The molecule has 6 rings (SSSR count). The second kappa shape index (κ2) is 6.66. The minimum absolute atomic E-state index is 0.114. The van der Waals surface area contributed by atoms with Crippen molar-refractivity contribution in [3.8, 4) is 0 Å². The number of nitrogens with two attached hydrogens (primary N) is 1. The molecule has 4 aliphatic carbocycles. The third-order valence-electron chi connectivity index (χ3n) is 9.98. The molecule has 5 nitrogen and oxygen atoms in total. The summed E-state index contributed by atoms with van der Waals surface area (Å²) in [5.41, 5.74) is 8.22. The second-order valence-corrected chi connectivity index (χ2v) is 12.3. The van der Waals surface area contributed by atoms with Gasteiger partial charge in [0.05, 0.1) is 5.39 Å². The molecule has 0 amide bonds. The zero-order valence-electron chi connectivity index (χ0n) is 18.8. The molecule has 0 spiro atoms. The molecule has 7 atom stereocenters. The molecule has 31 heavy (non-hydrogen) atoms. The quantitative estimate of drug-likeness (QED) is 0.621. The summed E-state index contributed by atoms with van der Waals surface area (Å²) >= 11 is 1.84. The molecule has 3 saturated carbocycles. The van der Waals surface area contributed by atoms with Crippen molar-refractivity contribution in [2.45, 2.75) is 78.2 Å². The fourth-order valence-electron chi connectivity index (χ4n) is 8.50. The molecule has 0 radical (unpaired) electrons. The Bertz CT molecular complexity index is 1070. The minimum Gasteiger partial charge on any atom is -0.462 e. The number of carbonyl (C=O) groups excluding carboxylic acids is 1. The van der Waals surface area contributed by atoms with Gasteiger partial charge in [-0.15, -0.1) is 11.3 Å². The van der Waals surface area contributed by atoms with Crippen molar-refractivity contribution in [2.24, 2.45) is 34.5 Å². The predicted octanol–water partition coefficient (Wildman–Crippen LogP) is 5.16. The van der Waals surface area contributed by atoms with Crippen LogP contribution in [0, 0.1) is 34.5 Å². The molecule has 0 unspecified atom stereocenters. The summed E-state index contributed by atoms with van der Waals surface area (Å²) < 4.78 is 5.82. The van der Waals surface area contributed by atoms with Gasteiger partial charge in [0.2, 0.25) is 0 Å². The van der Waals surface area contributed by atoms with Gasteiger partial charge in [0.1, 0.15) is 23.1 Å². The molecule has 166 valence electrons. The second-order valence-electron chi connectivity index (χ2n) is 11.2. The Morgan fingerprint density at radius 2 is 1.94 bits per heavy atom. The maximum atomic E-state index is 11.7. The van der Waals surface area contributed by atoms with E-state index in [1.165, 1.54) is 42.5 Å². The Morgan fingerprint density at radius 3 is 2.74 bits per heavy atom. The van der Waals surface area contributed by atoms with Crippen LogP contribution < -0.4 is 5.73 Å². The largest absolute Gasteiger partial charge is 0.462 e. The molecule has 4 aliphatic rings. The summed E-state index contributed by atoms with van der Waals surface area (Å²) in [4.78, 5) is 23.1. The lowest BCUT2D eigenvalue weighted by Gasteiger charge is -2.60. The Morgan fingerprint density at radius 1 is 1.13 bits per heavy atom. The van der Waals surface area contributed by atoms with Crippen LogP contribution in [0.25, 0.3) is 10.2 Å². The first-order valence-corrected chi connectivity index (χ1v) is 12.8. The van der Waals surface area contributed by atoms with Gasteiger partial charge in [-0.05, 0) is 86.0 Å². The highest BCUT2D eigenvalue weighted by Crippen LogP contribution is 2.66. The number of anilines is 1. The predicted molar refractivity (Wildman–Crippen MR) is 123 cm³/mol. The lowest BCUT2D eigenvalue weighted by molar-refractivity contribution is -0.160. The van der Waals surface area contributed by atoms with E-state index in [2.05, 4.69) is 23.8 Å². The summed E-state index contributed by atoms with van der Waals surface area (Å²) in [5, 5.41) is 1.13. The molecule has 0 saturated heterocycles. The summed E-state index contributed by atoms with van der Waals surface area (Å²) in [5.74, 6) is 3.48. The van der Waals surface area contributed by atoms with Crippen molar-refractivity contribution < 1.29 is 9.53 Å². The van der Waals surface area contributed by atoms with E-state index in [9.17, 15) is 4.79 Å². The third kappa shape index (κ3) is 2.69. The fraction of sp³-hybridized carbons (Fsp3) is 0.720. The van der Waals surface area contributed by atoms with Gasteiger partial charge in [-0.1, -0.05) is 13.8 Å². The van der Waals surface area contributed by atoms with E-state index in [4.69, 9.17) is 10.5 Å². The number of hydrogen-bond acceptors (Lipinski definition) is 6. The summed E-state index contributed by atoms with van der Waals surface area (Å²) in [7, 11) is 0. The number of carbonyl (C=O) groups is 1. The third-order valence-corrected chi connectivity index (χ3v) is 11.1. The smallest absolute Gasteiger partial charge is 0.302 e. The van der Waals surface area contributed by atoms with Gasteiger partial charge in [0.25, 0.3) is 0 Å². The first-order chi connectivity index (χ1) is 14.8. The number of rotatable bonds is 1. The van der Waals surface area contributed by atoms with Gasteiger partial charge in [0, 0.05) is 17.2 Å². The van der Waals surface area contributed by atoms with Gasteiger partial charge < -0.3 is 10.5 Å². The molecule has 0 aromatic carbocycles. The SMILES string of the molecule is CC(=O)O[C@H]1CC[C@H]2[C@@H]3CC[C@H]4Cc5c(sc6ncnc(N)c56)C[C@]4(C)[C@H]3CC[C@]12C. The van der Waals surface area contributed by atoms with Gasteiger partial charge in [-0.25, -0.2) is 9.97 Å². The average Bonchev–Trinajstić information content (AvgIpc) is 3.23. The molecule has 0 aliphatic heterocycles. The highest BCUT2D eigenvalue weighted by molar-refractivity contribution is 7.19. The molecule has 2 heterocycles. The maximum absolute atomic E-state index is 11.7. The normalized spacial score (nSPS) is 41.2. The zero-order chi connectivity index (χ0) is 21.5. The number of nitrogens with zero attached hydrogens (tertiary/aromatic N) is 2. The minimum atomic E-state index is -0.114. The van der Waals surface area contributed by atoms with Crippen LogP contribution in [0.1, 0.15) is 69.7 Å². The highest BCUT2D eigenvalue weighted by atomic mass is 32.1. The number of ether oxygens (including phenoxy) is 1. The van der Waals surface area contributed by atoms with Crippen molar-refractivity contribution in [1.29, 1.82) is 0 Å². The first kappa shape index (κ1) is 20.0. The van der Waals surface area contributed by atoms with Crippen molar-refractivity contribution in [2.75, 3.05) is 5.73 Å². The van der Waals surface area contributed by atoms with Gasteiger partial charge in [-0.2, -0.15) is 0 Å². The van der Waals surface area contributed by atoms with Crippen LogP contribution in [-0.4, -0.2) is 22.0 Å². The van der Waals surface area contributed by atoms with Crippen molar-refractivity contribution in [3.63, 3.8) is 0 Å². The molecule has 2 N–H and O–H groups in total. The molecule has 6 heteroatoms. The van der Waals surface area contributed by atoms with Crippen molar-refractivity contribution in [3.05, 3.63) is 16.8 Å². The van der Waals surface area contributed by atoms with E-state index < -0.39 is 0 Å². The zero-order valence-corrected chi connectivity index (χ0v) is 19.6. The summed E-state index contributed by atoms with van der Waals surface area (Å²) in [6, 6.07) is 0. The number of hydrogen-bond donors (Lipinski definition) is 1. The molecule has 3 fully saturated rings. The average molecular weight is 440 g/mol. The lowest BCUT2D eigenvalue weighted by atomic mass is 9.45. The van der Waals surface area contributed by atoms with Crippen LogP contribution in [0.15, 0.2) is 6.33 Å². The monoisotopic (exact) mass is 439 g/mol. The van der Waals surface area contributed by atoms with Gasteiger partial charge >= 0.3 is 5.97 Å². The Hall–Kier alpha value is -1.69.